The van der Waals surface area contributed by atoms with Crippen molar-refractivity contribution in [1.82, 2.24) is 5.32 Å². The van der Waals surface area contributed by atoms with Crippen LogP contribution >= 0.6 is 12.6 Å². The molecule has 1 aromatic rings. The lowest BCUT2D eigenvalue weighted by Gasteiger charge is -2.11. The van der Waals surface area contributed by atoms with Gasteiger partial charge in [0.2, 0.25) is 0 Å². The van der Waals surface area contributed by atoms with E-state index in [4.69, 9.17) is 5.11 Å². The van der Waals surface area contributed by atoms with Crippen LogP contribution in [0.25, 0.3) is 0 Å². The zero-order valence-corrected chi connectivity index (χ0v) is 10.5. The Labute approximate surface area is 105 Å². The Morgan fingerprint density at radius 1 is 1.59 bits per heavy atom. The molecule has 17 heavy (non-hydrogen) atoms. The standard InChI is InChI=1S/C12H16FNO2S/c1-8(4-5-15)7-14-12(16)10-6-9(17)2-3-11(10)13/h2-3,6,8,15,17H,4-5,7H2,1H3,(H,14,16). The van der Waals surface area contributed by atoms with Crippen molar-refractivity contribution in [3.8, 4) is 0 Å². The molecule has 0 aliphatic heterocycles. The summed E-state index contributed by atoms with van der Waals surface area (Å²) >= 11 is 4.06. The fraction of sp³-hybridized carbons (Fsp3) is 0.417. The van der Waals surface area contributed by atoms with Crippen LogP contribution in [0.1, 0.15) is 23.7 Å². The second kappa shape index (κ2) is 6.61. The predicted molar refractivity (Wildman–Crippen MR) is 66.9 cm³/mol. The molecule has 1 amide bonds. The van der Waals surface area contributed by atoms with Crippen molar-refractivity contribution in [3.63, 3.8) is 0 Å². The van der Waals surface area contributed by atoms with Gasteiger partial charge in [-0.15, -0.1) is 12.6 Å². The molecule has 1 aromatic carbocycles. The summed E-state index contributed by atoms with van der Waals surface area (Å²) in [4.78, 5) is 12.2. The first-order chi connectivity index (χ1) is 8.04. The van der Waals surface area contributed by atoms with Gasteiger partial charge in [-0.25, -0.2) is 4.39 Å². The lowest BCUT2D eigenvalue weighted by Crippen LogP contribution is -2.29. The summed E-state index contributed by atoms with van der Waals surface area (Å²) in [6.45, 7) is 2.40. The fourth-order valence-electron chi connectivity index (χ4n) is 1.37. The minimum atomic E-state index is -0.560. The number of nitrogens with one attached hydrogen (secondary N) is 1. The van der Waals surface area contributed by atoms with Crippen LogP contribution in [0.2, 0.25) is 0 Å². The molecule has 3 nitrogen and oxygen atoms in total. The van der Waals surface area contributed by atoms with Crippen LogP contribution in [-0.4, -0.2) is 24.2 Å². The molecule has 0 saturated heterocycles. The maximum absolute atomic E-state index is 13.4. The summed E-state index contributed by atoms with van der Waals surface area (Å²) in [7, 11) is 0. The molecule has 0 aliphatic rings. The molecule has 0 saturated carbocycles. The number of halogens is 1. The van der Waals surface area contributed by atoms with E-state index in [1.54, 1.807) is 0 Å². The Morgan fingerprint density at radius 2 is 2.29 bits per heavy atom. The molecule has 1 rings (SSSR count). The van der Waals surface area contributed by atoms with E-state index in [2.05, 4.69) is 17.9 Å². The number of aliphatic hydroxyl groups is 1. The second-order valence-electron chi connectivity index (χ2n) is 3.99. The van der Waals surface area contributed by atoms with Gasteiger partial charge in [-0.2, -0.15) is 0 Å². The van der Waals surface area contributed by atoms with E-state index in [1.165, 1.54) is 18.2 Å². The Morgan fingerprint density at radius 3 is 2.94 bits per heavy atom. The van der Waals surface area contributed by atoms with E-state index in [0.29, 0.717) is 17.9 Å². The van der Waals surface area contributed by atoms with E-state index in [1.807, 2.05) is 6.92 Å². The number of carbonyl (C=O) groups excluding carboxylic acids is 1. The highest BCUT2D eigenvalue weighted by atomic mass is 32.1. The zero-order valence-electron chi connectivity index (χ0n) is 9.61. The number of thiol groups is 1. The largest absolute Gasteiger partial charge is 0.396 e. The molecule has 0 bridgehead atoms. The number of hydrogen-bond donors (Lipinski definition) is 3. The molecule has 5 heteroatoms. The molecule has 0 aliphatic carbocycles. The molecule has 0 radical (unpaired) electrons. The smallest absolute Gasteiger partial charge is 0.254 e. The van der Waals surface area contributed by atoms with Gasteiger partial charge in [0, 0.05) is 18.0 Å². The minimum Gasteiger partial charge on any atom is -0.396 e. The number of aliphatic hydroxyl groups excluding tert-OH is 1. The van der Waals surface area contributed by atoms with Gasteiger partial charge in [0.15, 0.2) is 0 Å². The molecule has 0 aromatic heterocycles. The van der Waals surface area contributed by atoms with Crippen molar-refractivity contribution in [1.29, 1.82) is 0 Å². The van der Waals surface area contributed by atoms with Crippen molar-refractivity contribution in [2.45, 2.75) is 18.2 Å². The molecule has 2 N–H and O–H groups in total. The maximum atomic E-state index is 13.4. The van der Waals surface area contributed by atoms with Gasteiger partial charge >= 0.3 is 0 Å². The first-order valence-corrected chi connectivity index (χ1v) is 5.87. The van der Waals surface area contributed by atoms with Crippen LogP contribution in [0.5, 0.6) is 0 Å². The van der Waals surface area contributed by atoms with Crippen LogP contribution in [0.15, 0.2) is 23.1 Å². The summed E-state index contributed by atoms with van der Waals surface area (Å²) in [6, 6.07) is 4.10. The van der Waals surface area contributed by atoms with E-state index < -0.39 is 11.7 Å². The van der Waals surface area contributed by atoms with Gasteiger partial charge in [-0.1, -0.05) is 6.92 Å². The third kappa shape index (κ3) is 4.36. The Hall–Kier alpha value is -1.07. The van der Waals surface area contributed by atoms with Gasteiger partial charge in [0.1, 0.15) is 5.82 Å². The maximum Gasteiger partial charge on any atom is 0.254 e. The quantitative estimate of drug-likeness (QED) is 0.705. The van der Waals surface area contributed by atoms with Crippen LogP contribution in [-0.2, 0) is 0 Å². The van der Waals surface area contributed by atoms with E-state index >= 15 is 0 Å². The topological polar surface area (TPSA) is 49.3 Å². The average molecular weight is 257 g/mol. The average Bonchev–Trinajstić information content (AvgIpc) is 2.29. The van der Waals surface area contributed by atoms with Crippen LogP contribution in [0.3, 0.4) is 0 Å². The number of benzene rings is 1. The lowest BCUT2D eigenvalue weighted by molar-refractivity contribution is 0.0941. The van der Waals surface area contributed by atoms with Crippen molar-refractivity contribution in [2.75, 3.05) is 13.2 Å². The van der Waals surface area contributed by atoms with Crippen molar-refractivity contribution in [3.05, 3.63) is 29.6 Å². The number of hydrogen-bond acceptors (Lipinski definition) is 3. The second-order valence-corrected chi connectivity index (χ2v) is 4.51. The molecular weight excluding hydrogens is 241 g/mol. The fourth-order valence-corrected chi connectivity index (χ4v) is 1.58. The van der Waals surface area contributed by atoms with Gasteiger partial charge in [0.05, 0.1) is 5.56 Å². The normalized spacial score (nSPS) is 12.2. The van der Waals surface area contributed by atoms with Crippen LogP contribution in [0, 0.1) is 11.7 Å². The third-order valence-corrected chi connectivity index (χ3v) is 2.71. The zero-order chi connectivity index (χ0) is 12.8. The number of rotatable bonds is 5. The van der Waals surface area contributed by atoms with Crippen molar-refractivity contribution < 1.29 is 14.3 Å². The Balaban J connectivity index is 2.61. The highest BCUT2D eigenvalue weighted by Crippen LogP contribution is 2.13. The van der Waals surface area contributed by atoms with Gasteiger partial charge in [-0.05, 0) is 30.5 Å². The lowest BCUT2D eigenvalue weighted by atomic mass is 10.1. The molecule has 94 valence electrons. The Bertz CT molecular complexity index is 398. The number of amides is 1. The summed E-state index contributed by atoms with van der Waals surface area (Å²) < 4.78 is 13.4. The van der Waals surface area contributed by atoms with Gasteiger partial charge in [0.25, 0.3) is 5.91 Å². The summed E-state index contributed by atoms with van der Waals surface area (Å²) in [5.74, 6) is -0.857. The summed E-state index contributed by atoms with van der Waals surface area (Å²) in [5.41, 5.74) is -0.00583. The van der Waals surface area contributed by atoms with Gasteiger partial charge in [-0.3, -0.25) is 4.79 Å². The van der Waals surface area contributed by atoms with Crippen LogP contribution in [0.4, 0.5) is 4.39 Å². The minimum absolute atomic E-state index is 0.00583. The van der Waals surface area contributed by atoms with Gasteiger partial charge < -0.3 is 10.4 Å². The molecule has 0 fully saturated rings. The van der Waals surface area contributed by atoms with Crippen molar-refractivity contribution in [2.24, 2.45) is 5.92 Å². The van der Waals surface area contributed by atoms with Crippen LogP contribution < -0.4 is 5.32 Å². The first kappa shape index (κ1) is 14.0. The first-order valence-electron chi connectivity index (χ1n) is 5.42. The molecule has 0 spiro atoms. The highest BCUT2D eigenvalue weighted by molar-refractivity contribution is 7.80. The summed E-state index contributed by atoms with van der Waals surface area (Å²) in [6.07, 6.45) is 0.607. The SMILES string of the molecule is CC(CCO)CNC(=O)c1cc(S)ccc1F. The molecule has 1 unspecified atom stereocenters. The highest BCUT2D eigenvalue weighted by Gasteiger charge is 2.12. The predicted octanol–water partition coefficient (Wildman–Crippen LogP) is 1.86. The molecule has 0 heterocycles. The number of carbonyl (C=O) groups is 1. The Kier molecular flexibility index (Phi) is 5.44. The van der Waals surface area contributed by atoms with E-state index in [9.17, 15) is 9.18 Å². The van der Waals surface area contributed by atoms with E-state index in [0.717, 1.165) is 0 Å². The third-order valence-electron chi connectivity index (χ3n) is 2.43. The molecular formula is C12H16FNO2S. The monoisotopic (exact) mass is 257 g/mol. The summed E-state index contributed by atoms with van der Waals surface area (Å²) in [5, 5.41) is 11.3. The van der Waals surface area contributed by atoms with Crippen molar-refractivity contribution >= 4 is 18.5 Å². The molecule has 1 atom stereocenters. The van der Waals surface area contributed by atoms with E-state index in [-0.39, 0.29) is 18.1 Å².